The maximum atomic E-state index is 13.0. The lowest BCUT2D eigenvalue weighted by atomic mass is 10.0. The van der Waals surface area contributed by atoms with Crippen LogP contribution in [0.3, 0.4) is 0 Å². The molecule has 0 fully saturated rings. The molecule has 0 aliphatic rings. The minimum absolute atomic E-state index is 0.00250. The second-order valence-electron chi connectivity index (χ2n) is 3.09. The molecular formula is C9H8Cl2FNO3. The topological polar surface area (TPSA) is 83.6 Å². The van der Waals surface area contributed by atoms with Gasteiger partial charge in [0, 0.05) is 0 Å². The van der Waals surface area contributed by atoms with E-state index in [9.17, 15) is 19.4 Å². The lowest BCUT2D eigenvalue weighted by molar-refractivity contribution is -0.131. The summed E-state index contributed by atoms with van der Waals surface area (Å²) in [5.41, 5.74) is 4.79. The third-order valence-electron chi connectivity index (χ3n) is 1.94. The standard InChI is InChI=1S/C9H8Cl2FNO3/c10-4-1-3(2-5(11)6(4)12)7(14)8(15)9(13)16/h1-2,7-8,14-15H,(H2,13,16). The first kappa shape index (κ1) is 13.2. The second kappa shape index (κ2) is 4.97. The van der Waals surface area contributed by atoms with Crippen LogP contribution in [0.15, 0.2) is 12.1 Å². The molecule has 0 bridgehead atoms. The van der Waals surface area contributed by atoms with Gasteiger partial charge in [-0.3, -0.25) is 4.79 Å². The normalized spacial score (nSPS) is 14.6. The van der Waals surface area contributed by atoms with E-state index in [1.165, 1.54) is 0 Å². The van der Waals surface area contributed by atoms with Crippen molar-refractivity contribution in [2.45, 2.75) is 12.2 Å². The molecule has 4 nitrogen and oxygen atoms in total. The summed E-state index contributed by atoms with van der Waals surface area (Å²) in [6, 6.07) is 2.11. The van der Waals surface area contributed by atoms with Gasteiger partial charge < -0.3 is 15.9 Å². The van der Waals surface area contributed by atoms with Crippen LogP contribution in [-0.4, -0.2) is 22.2 Å². The molecule has 0 aliphatic carbocycles. The summed E-state index contributed by atoms with van der Waals surface area (Å²) >= 11 is 11.0. The number of amides is 1. The lowest BCUT2D eigenvalue weighted by Crippen LogP contribution is -2.33. The number of aliphatic hydroxyl groups excluding tert-OH is 2. The Hall–Kier alpha value is -0.880. The number of rotatable bonds is 3. The molecule has 88 valence electrons. The van der Waals surface area contributed by atoms with Crippen LogP contribution >= 0.6 is 23.2 Å². The largest absolute Gasteiger partial charge is 0.385 e. The predicted molar refractivity (Wildman–Crippen MR) is 56.6 cm³/mol. The Kier molecular flexibility index (Phi) is 4.09. The Morgan fingerprint density at radius 2 is 1.75 bits per heavy atom. The van der Waals surface area contributed by atoms with Crippen LogP contribution in [0.5, 0.6) is 0 Å². The Balaban J connectivity index is 3.10. The fraction of sp³-hybridized carbons (Fsp3) is 0.222. The van der Waals surface area contributed by atoms with Crippen molar-refractivity contribution in [2.75, 3.05) is 0 Å². The molecule has 0 aliphatic heterocycles. The summed E-state index contributed by atoms with van der Waals surface area (Å²) in [5, 5.41) is 18.1. The van der Waals surface area contributed by atoms with E-state index in [2.05, 4.69) is 0 Å². The molecule has 1 amide bonds. The summed E-state index contributed by atoms with van der Waals surface area (Å²) in [6.07, 6.45) is -3.41. The molecule has 0 heterocycles. The summed E-state index contributed by atoms with van der Waals surface area (Å²) < 4.78 is 13.0. The van der Waals surface area contributed by atoms with E-state index in [0.717, 1.165) is 12.1 Å². The highest BCUT2D eigenvalue weighted by Crippen LogP contribution is 2.28. The molecule has 16 heavy (non-hydrogen) atoms. The number of primary amides is 1. The number of carbonyl (C=O) groups is 1. The van der Waals surface area contributed by atoms with Gasteiger partial charge in [0.25, 0.3) is 0 Å². The van der Waals surface area contributed by atoms with Gasteiger partial charge in [-0.25, -0.2) is 4.39 Å². The van der Waals surface area contributed by atoms with E-state index in [0.29, 0.717) is 0 Å². The fourth-order valence-corrected chi connectivity index (χ4v) is 1.59. The highest BCUT2D eigenvalue weighted by atomic mass is 35.5. The first-order valence-corrected chi connectivity index (χ1v) is 4.90. The van der Waals surface area contributed by atoms with Crippen LogP contribution in [-0.2, 0) is 4.79 Å². The predicted octanol–water partition coefficient (Wildman–Crippen LogP) is 1.01. The van der Waals surface area contributed by atoms with Crippen molar-refractivity contribution in [1.29, 1.82) is 0 Å². The zero-order valence-corrected chi connectivity index (χ0v) is 9.34. The van der Waals surface area contributed by atoms with E-state index in [1.807, 2.05) is 0 Å². The maximum Gasteiger partial charge on any atom is 0.249 e. The highest BCUT2D eigenvalue weighted by molar-refractivity contribution is 6.35. The van der Waals surface area contributed by atoms with Crippen molar-refractivity contribution >= 4 is 29.1 Å². The van der Waals surface area contributed by atoms with Crippen molar-refractivity contribution in [3.8, 4) is 0 Å². The summed E-state index contributed by atoms with van der Waals surface area (Å²) in [7, 11) is 0. The van der Waals surface area contributed by atoms with Gasteiger partial charge >= 0.3 is 0 Å². The van der Waals surface area contributed by atoms with Crippen LogP contribution in [0.25, 0.3) is 0 Å². The van der Waals surface area contributed by atoms with Gasteiger partial charge in [0.1, 0.15) is 6.10 Å². The molecular weight excluding hydrogens is 260 g/mol. The van der Waals surface area contributed by atoms with E-state index in [1.54, 1.807) is 0 Å². The molecule has 1 aromatic rings. The minimum atomic E-state index is -1.81. The van der Waals surface area contributed by atoms with E-state index in [-0.39, 0.29) is 15.6 Å². The minimum Gasteiger partial charge on any atom is -0.385 e. The molecule has 0 aromatic heterocycles. The van der Waals surface area contributed by atoms with Gasteiger partial charge in [0.05, 0.1) is 10.0 Å². The Labute approximate surface area is 100 Å². The average Bonchev–Trinajstić information content (AvgIpc) is 2.22. The van der Waals surface area contributed by atoms with Crippen molar-refractivity contribution in [3.05, 3.63) is 33.6 Å². The molecule has 7 heteroatoms. The molecule has 2 atom stereocenters. The van der Waals surface area contributed by atoms with Gasteiger partial charge in [-0.15, -0.1) is 0 Å². The fourth-order valence-electron chi connectivity index (χ4n) is 1.08. The Bertz CT molecular complexity index is 404. The average molecular weight is 268 g/mol. The van der Waals surface area contributed by atoms with E-state index >= 15 is 0 Å². The summed E-state index contributed by atoms with van der Waals surface area (Å²) in [6.45, 7) is 0. The smallest absolute Gasteiger partial charge is 0.249 e. The van der Waals surface area contributed by atoms with Gasteiger partial charge in [-0.2, -0.15) is 0 Å². The quantitative estimate of drug-likeness (QED) is 0.715. The van der Waals surface area contributed by atoms with Gasteiger partial charge in [0.2, 0.25) is 5.91 Å². The molecule has 4 N–H and O–H groups in total. The third kappa shape index (κ3) is 2.62. The Morgan fingerprint density at radius 1 is 1.31 bits per heavy atom. The third-order valence-corrected chi connectivity index (χ3v) is 2.49. The van der Waals surface area contributed by atoms with Crippen LogP contribution in [0, 0.1) is 5.82 Å². The first-order chi connectivity index (χ1) is 7.34. The van der Waals surface area contributed by atoms with Crippen LogP contribution in [0.1, 0.15) is 11.7 Å². The number of halogens is 3. The molecule has 1 rings (SSSR count). The summed E-state index contributed by atoms with van der Waals surface area (Å²) in [5.74, 6) is -1.95. The van der Waals surface area contributed by atoms with Crippen LogP contribution in [0.2, 0.25) is 10.0 Å². The van der Waals surface area contributed by atoms with Gasteiger partial charge in [-0.1, -0.05) is 23.2 Å². The molecule has 1 aromatic carbocycles. The zero-order valence-electron chi connectivity index (χ0n) is 7.82. The molecule has 0 spiro atoms. The van der Waals surface area contributed by atoms with E-state index in [4.69, 9.17) is 28.9 Å². The lowest BCUT2D eigenvalue weighted by Gasteiger charge is -2.15. The zero-order chi connectivity index (χ0) is 12.5. The van der Waals surface area contributed by atoms with Crippen molar-refractivity contribution in [2.24, 2.45) is 5.73 Å². The number of benzene rings is 1. The molecule has 2 unspecified atom stereocenters. The van der Waals surface area contributed by atoms with Crippen molar-refractivity contribution in [3.63, 3.8) is 0 Å². The second-order valence-corrected chi connectivity index (χ2v) is 3.90. The SMILES string of the molecule is NC(=O)C(O)C(O)c1cc(Cl)c(F)c(Cl)c1. The number of aliphatic hydroxyl groups is 2. The van der Waals surface area contributed by atoms with Crippen molar-refractivity contribution in [1.82, 2.24) is 0 Å². The maximum absolute atomic E-state index is 13.0. The molecule has 0 saturated carbocycles. The van der Waals surface area contributed by atoms with Crippen molar-refractivity contribution < 1.29 is 19.4 Å². The number of nitrogens with two attached hydrogens (primary N) is 1. The monoisotopic (exact) mass is 267 g/mol. The van der Waals surface area contributed by atoms with Crippen LogP contribution < -0.4 is 5.73 Å². The Morgan fingerprint density at radius 3 is 2.12 bits per heavy atom. The van der Waals surface area contributed by atoms with E-state index < -0.39 is 23.9 Å². The van der Waals surface area contributed by atoms with Gasteiger partial charge in [-0.05, 0) is 17.7 Å². The highest BCUT2D eigenvalue weighted by Gasteiger charge is 2.24. The summed E-state index contributed by atoms with van der Waals surface area (Å²) in [4.78, 5) is 10.6. The number of carbonyl (C=O) groups excluding carboxylic acids is 1. The van der Waals surface area contributed by atoms with Gasteiger partial charge in [0.15, 0.2) is 11.9 Å². The van der Waals surface area contributed by atoms with Crippen LogP contribution in [0.4, 0.5) is 4.39 Å². The number of hydrogen-bond acceptors (Lipinski definition) is 3. The molecule has 0 radical (unpaired) electrons. The molecule has 0 saturated heterocycles. The number of hydrogen-bond donors (Lipinski definition) is 3. The first-order valence-electron chi connectivity index (χ1n) is 4.14.